The van der Waals surface area contributed by atoms with Gasteiger partial charge in [-0.05, 0) is 26.0 Å². The topological polar surface area (TPSA) is 35.5 Å². The van der Waals surface area contributed by atoms with Crippen molar-refractivity contribution in [2.75, 3.05) is 26.7 Å². The number of hydrogen-bond donors (Lipinski definition) is 2. The molecule has 0 amide bonds. The highest BCUT2D eigenvalue weighted by Crippen LogP contribution is 2.06. The lowest BCUT2D eigenvalue weighted by atomic mass is 10.1. The molecule has 0 heterocycles. The van der Waals surface area contributed by atoms with Gasteiger partial charge in [-0.2, -0.15) is 0 Å². The third-order valence-corrected chi connectivity index (χ3v) is 3.13. The molecule has 0 bridgehead atoms. The molecule has 3 heteroatoms. The second-order valence-corrected chi connectivity index (χ2v) is 6.01. The highest BCUT2D eigenvalue weighted by molar-refractivity contribution is 5.14. The summed E-state index contributed by atoms with van der Waals surface area (Å²) in [5.74, 6) is 0. The molecule has 3 nitrogen and oxygen atoms in total. The normalized spacial score (nSPS) is 14.9. The molecule has 0 aliphatic heterocycles. The van der Waals surface area contributed by atoms with Crippen molar-refractivity contribution in [3.8, 4) is 0 Å². The van der Waals surface area contributed by atoms with Gasteiger partial charge in [0.2, 0.25) is 0 Å². The molecule has 0 saturated heterocycles. The van der Waals surface area contributed by atoms with Gasteiger partial charge in [-0.25, -0.2) is 0 Å². The van der Waals surface area contributed by atoms with E-state index in [0.717, 1.165) is 13.0 Å². The first-order valence-electron chi connectivity index (χ1n) is 7.07. The van der Waals surface area contributed by atoms with Crippen LogP contribution in [0.5, 0.6) is 0 Å². The van der Waals surface area contributed by atoms with E-state index >= 15 is 0 Å². The van der Waals surface area contributed by atoms with Crippen LogP contribution < -0.4 is 5.32 Å². The number of nitrogens with zero attached hydrogens (tertiary/aromatic N) is 1. The zero-order valence-electron chi connectivity index (χ0n) is 12.7. The van der Waals surface area contributed by atoms with Crippen molar-refractivity contribution in [2.45, 2.75) is 38.8 Å². The number of nitrogens with one attached hydrogen (secondary N) is 1. The molecular formula is C16H28N2O. The molecular weight excluding hydrogens is 236 g/mol. The number of likely N-dealkylation sites (N-methyl/N-ethyl adjacent to an activating group) is 1. The number of benzene rings is 1. The maximum atomic E-state index is 10.3. The van der Waals surface area contributed by atoms with Crippen LogP contribution in [-0.4, -0.2) is 48.3 Å². The van der Waals surface area contributed by atoms with Crippen LogP contribution >= 0.6 is 0 Å². The van der Waals surface area contributed by atoms with E-state index in [1.54, 1.807) is 0 Å². The monoisotopic (exact) mass is 264 g/mol. The predicted molar refractivity (Wildman–Crippen MR) is 81.4 cm³/mol. The third-order valence-electron chi connectivity index (χ3n) is 3.13. The van der Waals surface area contributed by atoms with E-state index in [4.69, 9.17) is 0 Å². The summed E-state index contributed by atoms with van der Waals surface area (Å²) in [6, 6.07) is 10.9. The third kappa shape index (κ3) is 7.31. The maximum absolute atomic E-state index is 10.3. The van der Waals surface area contributed by atoms with Gasteiger partial charge in [-0.15, -0.1) is 0 Å². The van der Waals surface area contributed by atoms with Crippen LogP contribution in [0.25, 0.3) is 0 Å². The molecule has 2 N–H and O–H groups in total. The molecule has 1 aromatic carbocycles. The average molecular weight is 264 g/mol. The highest BCUT2D eigenvalue weighted by atomic mass is 16.3. The molecule has 0 aliphatic rings. The van der Waals surface area contributed by atoms with Gasteiger partial charge in [-0.3, -0.25) is 0 Å². The molecule has 0 spiro atoms. The average Bonchev–Trinajstić information content (AvgIpc) is 2.35. The SMILES string of the molecule is CC(C)NCC(C)(O)CN(C)CCc1ccccc1. The fraction of sp³-hybridized carbons (Fsp3) is 0.625. The molecule has 0 aromatic heterocycles. The Morgan fingerprint density at radius 2 is 1.89 bits per heavy atom. The predicted octanol–water partition coefficient (Wildman–Crippen LogP) is 1.91. The smallest absolute Gasteiger partial charge is 0.0869 e. The fourth-order valence-electron chi connectivity index (χ4n) is 2.11. The van der Waals surface area contributed by atoms with Gasteiger partial charge >= 0.3 is 0 Å². The van der Waals surface area contributed by atoms with Crippen molar-refractivity contribution in [3.63, 3.8) is 0 Å². The van der Waals surface area contributed by atoms with Crippen molar-refractivity contribution in [1.29, 1.82) is 0 Å². The van der Waals surface area contributed by atoms with E-state index in [1.807, 2.05) is 13.0 Å². The Hall–Kier alpha value is -0.900. The van der Waals surface area contributed by atoms with Crippen molar-refractivity contribution in [3.05, 3.63) is 35.9 Å². The summed E-state index contributed by atoms with van der Waals surface area (Å²) in [6.07, 6.45) is 1.02. The first-order valence-corrected chi connectivity index (χ1v) is 7.07. The van der Waals surface area contributed by atoms with E-state index in [1.165, 1.54) is 5.56 Å². The Balaban J connectivity index is 2.31. The molecule has 0 radical (unpaired) electrons. The summed E-state index contributed by atoms with van der Waals surface area (Å²) in [6.45, 7) is 8.34. The van der Waals surface area contributed by atoms with Gasteiger partial charge < -0.3 is 15.3 Å². The molecule has 19 heavy (non-hydrogen) atoms. The largest absolute Gasteiger partial charge is 0.388 e. The van der Waals surface area contributed by atoms with Crippen LogP contribution in [0.2, 0.25) is 0 Å². The molecule has 0 saturated carbocycles. The molecule has 108 valence electrons. The minimum Gasteiger partial charge on any atom is -0.388 e. The lowest BCUT2D eigenvalue weighted by Gasteiger charge is -2.30. The molecule has 0 fully saturated rings. The number of hydrogen-bond acceptors (Lipinski definition) is 3. The van der Waals surface area contributed by atoms with Crippen molar-refractivity contribution in [1.82, 2.24) is 10.2 Å². The first kappa shape index (κ1) is 16.2. The first-order chi connectivity index (χ1) is 8.89. The van der Waals surface area contributed by atoms with E-state index < -0.39 is 5.60 Å². The molecule has 1 rings (SSSR count). The van der Waals surface area contributed by atoms with Crippen LogP contribution in [-0.2, 0) is 6.42 Å². The van der Waals surface area contributed by atoms with Crippen molar-refractivity contribution in [2.24, 2.45) is 0 Å². The van der Waals surface area contributed by atoms with Crippen LogP contribution in [0.4, 0.5) is 0 Å². The fourth-order valence-corrected chi connectivity index (χ4v) is 2.11. The summed E-state index contributed by atoms with van der Waals surface area (Å²) in [5, 5.41) is 13.6. The van der Waals surface area contributed by atoms with Crippen molar-refractivity contribution >= 4 is 0 Å². The maximum Gasteiger partial charge on any atom is 0.0869 e. The van der Waals surface area contributed by atoms with Gasteiger partial charge in [0, 0.05) is 25.7 Å². The second kappa shape index (κ2) is 7.63. The number of rotatable bonds is 8. The summed E-state index contributed by atoms with van der Waals surface area (Å²) < 4.78 is 0. The minimum absolute atomic E-state index is 0.404. The summed E-state index contributed by atoms with van der Waals surface area (Å²) in [7, 11) is 2.06. The van der Waals surface area contributed by atoms with Crippen LogP contribution in [0.1, 0.15) is 26.3 Å². The standard InChI is InChI=1S/C16H28N2O/c1-14(2)17-12-16(3,19)13-18(4)11-10-15-8-6-5-7-9-15/h5-9,14,17,19H,10-13H2,1-4H3. The van der Waals surface area contributed by atoms with E-state index in [0.29, 0.717) is 19.1 Å². The molecule has 0 aliphatic carbocycles. The van der Waals surface area contributed by atoms with E-state index in [-0.39, 0.29) is 0 Å². The number of aliphatic hydroxyl groups is 1. The van der Waals surface area contributed by atoms with Gasteiger partial charge in [0.1, 0.15) is 0 Å². The minimum atomic E-state index is -0.685. The van der Waals surface area contributed by atoms with Crippen molar-refractivity contribution < 1.29 is 5.11 Å². The summed E-state index contributed by atoms with van der Waals surface area (Å²) in [4.78, 5) is 2.19. The van der Waals surface area contributed by atoms with Crippen LogP contribution in [0, 0.1) is 0 Å². The van der Waals surface area contributed by atoms with Gasteiger partial charge in [0.05, 0.1) is 5.60 Å². The van der Waals surface area contributed by atoms with Gasteiger partial charge in [0.15, 0.2) is 0 Å². The van der Waals surface area contributed by atoms with Gasteiger partial charge in [0.25, 0.3) is 0 Å². The summed E-state index contributed by atoms with van der Waals surface area (Å²) in [5.41, 5.74) is 0.657. The second-order valence-electron chi connectivity index (χ2n) is 6.01. The Bertz CT molecular complexity index is 349. The van der Waals surface area contributed by atoms with E-state index in [9.17, 15) is 5.11 Å². The Morgan fingerprint density at radius 3 is 2.47 bits per heavy atom. The van der Waals surface area contributed by atoms with Gasteiger partial charge in [-0.1, -0.05) is 44.2 Å². The van der Waals surface area contributed by atoms with Crippen LogP contribution in [0.15, 0.2) is 30.3 Å². The quantitative estimate of drug-likeness (QED) is 0.753. The molecule has 1 atom stereocenters. The van der Waals surface area contributed by atoms with E-state index in [2.05, 4.69) is 55.4 Å². The zero-order chi connectivity index (χ0) is 14.3. The lowest BCUT2D eigenvalue weighted by molar-refractivity contribution is 0.0262. The summed E-state index contributed by atoms with van der Waals surface area (Å²) >= 11 is 0. The Kier molecular flexibility index (Phi) is 6.49. The Labute approximate surface area is 117 Å². The molecule has 1 unspecified atom stereocenters. The lowest BCUT2D eigenvalue weighted by Crippen LogP contribution is -2.48. The zero-order valence-corrected chi connectivity index (χ0v) is 12.7. The highest BCUT2D eigenvalue weighted by Gasteiger charge is 2.22. The molecule has 1 aromatic rings. The van der Waals surface area contributed by atoms with Crippen LogP contribution in [0.3, 0.4) is 0 Å². The Morgan fingerprint density at radius 1 is 1.26 bits per heavy atom.